The van der Waals surface area contributed by atoms with E-state index in [0.717, 1.165) is 6.42 Å². The predicted octanol–water partition coefficient (Wildman–Crippen LogP) is 5.35. The molecule has 21 heavy (non-hydrogen) atoms. The highest BCUT2D eigenvalue weighted by Crippen LogP contribution is 2.45. The van der Waals surface area contributed by atoms with E-state index in [9.17, 15) is 0 Å². The van der Waals surface area contributed by atoms with Crippen LogP contribution in [0.3, 0.4) is 0 Å². The number of rotatable bonds is 0. The van der Waals surface area contributed by atoms with E-state index < -0.39 is 0 Å². The summed E-state index contributed by atoms with van der Waals surface area (Å²) in [6.07, 6.45) is 1.05. The van der Waals surface area contributed by atoms with Gasteiger partial charge in [-0.05, 0) is 41.2 Å². The zero-order valence-corrected chi connectivity index (χ0v) is 13.2. The predicted molar refractivity (Wildman–Crippen MR) is 90.0 cm³/mol. The first-order valence-electron chi connectivity index (χ1n) is 7.69. The molecule has 3 aromatic rings. The molecule has 0 radical (unpaired) electrons. The highest BCUT2D eigenvalue weighted by molar-refractivity contribution is 5.95. The molecule has 0 aliphatic heterocycles. The van der Waals surface area contributed by atoms with Crippen LogP contribution in [0.25, 0.3) is 22.2 Å². The molecule has 1 aliphatic rings. The third-order valence-electron chi connectivity index (χ3n) is 4.64. The number of fused-ring (bicyclic) bond motifs is 5. The first kappa shape index (κ1) is 12.7. The summed E-state index contributed by atoms with van der Waals surface area (Å²) in [5.41, 5.74) is 9.93. The molecular formula is C20H21N. The van der Waals surface area contributed by atoms with E-state index in [1.807, 2.05) is 0 Å². The van der Waals surface area contributed by atoms with Crippen LogP contribution in [0.5, 0.6) is 0 Å². The maximum atomic E-state index is 3.67. The lowest BCUT2D eigenvalue weighted by Gasteiger charge is -2.22. The number of benzene rings is 2. The van der Waals surface area contributed by atoms with E-state index in [4.69, 9.17) is 0 Å². The Morgan fingerprint density at radius 2 is 1.86 bits per heavy atom. The van der Waals surface area contributed by atoms with Crippen molar-refractivity contribution >= 4 is 10.9 Å². The molecule has 0 atom stereocenters. The largest absolute Gasteiger partial charge is 0.354 e. The summed E-state index contributed by atoms with van der Waals surface area (Å²) in [5.74, 6) is 0. The van der Waals surface area contributed by atoms with Gasteiger partial charge < -0.3 is 4.98 Å². The van der Waals surface area contributed by atoms with E-state index in [-0.39, 0.29) is 5.41 Å². The minimum atomic E-state index is 0.167. The minimum Gasteiger partial charge on any atom is -0.354 e. The molecule has 1 aliphatic carbocycles. The van der Waals surface area contributed by atoms with Crippen molar-refractivity contribution in [1.29, 1.82) is 0 Å². The van der Waals surface area contributed by atoms with Gasteiger partial charge in [0.2, 0.25) is 0 Å². The molecule has 1 heterocycles. The minimum absolute atomic E-state index is 0.167. The summed E-state index contributed by atoms with van der Waals surface area (Å²) in [4.78, 5) is 3.67. The molecule has 1 aromatic heterocycles. The lowest BCUT2D eigenvalue weighted by Crippen LogP contribution is -2.12. The molecule has 0 amide bonds. The Balaban J connectivity index is 2.05. The molecule has 1 N–H and O–H groups in total. The Morgan fingerprint density at radius 3 is 2.62 bits per heavy atom. The molecule has 2 aromatic carbocycles. The van der Waals surface area contributed by atoms with Gasteiger partial charge in [0, 0.05) is 22.9 Å². The summed E-state index contributed by atoms with van der Waals surface area (Å²) in [6.45, 7) is 9.07. The van der Waals surface area contributed by atoms with Crippen molar-refractivity contribution in [3.63, 3.8) is 0 Å². The van der Waals surface area contributed by atoms with E-state index >= 15 is 0 Å². The van der Waals surface area contributed by atoms with Crippen molar-refractivity contribution < 1.29 is 0 Å². The van der Waals surface area contributed by atoms with Gasteiger partial charge in [-0.25, -0.2) is 0 Å². The molecular weight excluding hydrogens is 254 g/mol. The monoisotopic (exact) mass is 275 g/mol. The lowest BCUT2D eigenvalue weighted by molar-refractivity contribution is 0.591. The van der Waals surface area contributed by atoms with E-state index in [1.54, 1.807) is 0 Å². The maximum absolute atomic E-state index is 3.67. The summed E-state index contributed by atoms with van der Waals surface area (Å²) in [7, 11) is 0. The molecule has 106 valence electrons. The van der Waals surface area contributed by atoms with Crippen molar-refractivity contribution in [2.75, 3.05) is 0 Å². The highest BCUT2D eigenvalue weighted by atomic mass is 14.7. The SMILES string of the molecule is Cc1ccc2[nH]c3c(c2c1)Cc1cccc(C(C)(C)C)c1-3. The van der Waals surface area contributed by atoms with Gasteiger partial charge in [0.25, 0.3) is 0 Å². The second-order valence-corrected chi connectivity index (χ2v) is 7.29. The molecule has 0 saturated heterocycles. The van der Waals surface area contributed by atoms with Crippen molar-refractivity contribution in [2.24, 2.45) is 0 Å². The second kappa shape index (κ2) is 4.00. The first-order chi connectivity index (χ1) is 9.95. The smallest absolute Gasteiger partial charge is 0.0506 e. The fraction of sp³-hybridized carbons (Fsp3) is 0.300. The fourth-order valence-corrected chi connectivity index (χ4v) is 3.62. The average molecular weight is 275 g/mol. The summed E-state index contributed by atoms with van der Waals surface area (Å²) >= 11 is 0. The first-order valence-corrected chi connectivity index (χ1v) is 7.69. The van der Waals surface area contributed by atoms with Crippen LogP contribution in [0.2, 0.25) is 0 Å². The third-order valence-corrected chi connectivity index (χ3v) is 4.64. The molecule has 0 bridgehead atoms. The molecule has 1 heteroatoms. The van der Waals surface area contributed by atoms with Crippen LogP contribution >= 0.6 is 0 Å². The van der Waals surface area contributed by atoms with Crippen LogP contribution in [0.4, 0.5) is 0 Å². The topological polar surface area (TPSA) is 15.8 Å². The molecule has 0 spiro atoms. The molecule has 0 unspecified atom stereocenters. The van der Waals surface area contributed by atoms with Crippen LogP contribution in [0.15, 0.2) is 36.4 Å². The summed E-state index contributed by atoms with van der Waals surface area (Å²) in [6, 6.07) is 13.5. The Bertz CT molecular complexity index is 859. The van der Waals surface area contributed by atoms with Crippen molar-refractivity contribution in [3.05, 3.63) is 58.7 Å². The van der Waals surface area contributed by atoms with Crippen molar-refractivity contribution in [3.8, 4) is 11.3 Å². The van der Waals surface area contributed by atoms with E-state index in [0.29, 0.717) is 0 Å². The van der Waals surface area contributed by atoms with Crippen LogP contribution in [-0.2, 0) is 11.8 Å². The van der Waals surface area contributed by atoms with Gasteiger partial charge >= 0.3 is 0 Å². The third kappa shape index (κ3) is 1.77. The van der Waals surface area contributed by atoms with Gasteiger partial charge in [-0.1, -0.05) is 50.6 Å². The normalized spacial score (nSPS) is 13.5. The Kier molecular flexibility index (Phi) is 2.42. The Morgan fingerprint density at radius 1 is 1.05 bits per heavy atom. The maximum Gasteiger partial charge on any atom is 0.0506 e. The van der Waals surface area contributed by atoms with Gasteiger partial charge in [-0.3, -0.25) is 0 Å². The number of H-pyrrole nitrogens is 1. The Hall–Kier alpha value is -2.02. The molecule has 0 fully saturated rings. The highest BCUT2D eigenvalue weighted by Gasteiger charge is 2.29. The lowest BCUT2D eigenvalue weighted by atomic mass is 9.82. The van der Waals surface area contributed by atoms with Crippen molar-refractivity contribution in [2.45, 2.75) is 39.5 Å². The molecule has 4 rings (SSSR count). The average Bonchev–Trinajstić information content (AvgIpc) is 2.93. The summed E-state index contributed by atoms with van der Waals surface area (Å²) < 4.78 is 0. The van der Waals surface area contributed by atoms with Gasteiger partial charge in [0.1, 0.15) is 0 Å². The zero-order chi connectivity index (χ0) is 14.8. The molecule has 0 saturated carbocycles. The second-order valence-electron chi connectivity index (χ2n) is 7.29. The van der Waals surface area contributed by atoms with E-state index in [1.165, 1.54) is 44.4 Å². The van der Waals surface area contributed by atoms with E-state index in [2.05, 4.69) is 69.1 Å². The number of nitrogens with one attached hydrogen (secondary N) is 1. The van der Waals surface area contributed by atoms with Crippen LogP contribution < -0.4 is 0 Å². The van der Waals surface area contributed by atoms with Gasteiger partial charge in [0.05, 0.1) is 5.69 Å². The fourth-order valence-electron chi connectivity index (χ4n) is 3.62. The zero-order valence-electron chi connectivity index (χ0n) is 13.2. The van der Waals surface area contributed by atoms with Crippen LogP contribution in [0, 0.1) is 6.92 Å². The van der Waals surface area contributed by atoms with Gasteiger partial charge in [0.15, 0.2) is 0 Å². The van der Waals surface area contributed by atoms with Crippen LogP contribution in [0.1, 0.15) is 43.0 Å². The quantitative estimate of drug-likeness (QED) is 0.445. The van der Waals surface area contributed by atoms with Gasteiger partial charge in [-0.15, -0.1) is 0 Å². The van der Waals surface area contributed by atoms with Gasteiger partial charge in [-0.2, -0.15) is 0 Å². The summed E-state index contributed by atoms with van der Waals surface area (Å²) in [5, 5.41) is 1.39. The molecule has 1 nitrogen and oxygen atoms in total. The number of hydrogen-bond donors (Lipinski definition) is 1. The van der Waals surface area contributed by atoms with Crippen molar-refractivity contribution in [1.82, 2.24) is 4.98 Å². The number of hydrogen-bond acceptors (Lipinski definition) is 0. The van der Waals surface area contributed by atoms with Crippen LogP contribution in [-0.4, -0.2) is 4.98 Å². The number of aryl methyl sites for hydroxylation is 1. The number of aromatic amines is 1. The number of aromatic nitrogens is 1. The Labute approximate surface area is 126 Å². The standard InChI is InChI=1S/C20H21N/c1-12-8-9-17-14(10-12)15-11-13-6-5-7-16(20(2,3)4)18(13)19(15)21-17/h5-10,21H,11H2,1-4H3.